The van der Waals surface area contributed by atoms with Crippen molar-refractivity contribution < 1.29 is 27.9 Å². The van der Waals surface area contributed by atoms with E-state index in [2.05, 4.69) is 5.32 Å². The Kier molecular flexibility index (Phi) is 5.43. The lowest BCUT2D eigenvalue weighted by atomic mass is 10.2. The number of amides is 2. The lowest BCUT2D eigenvalue weighted by Gasteiger charge is -2.14. The van der Waals surface area contributed by atoms with Crippen LogP contribution < -0.4 is 11.1 Å². The van der Waals surface area contributed by atoms with Crippen LogP contribution in [0.4, 0.5) is 14.5 Å². The first-order valence-corrected chi connectivity index (χ1v) is 7.14. The van der Waals surface area contributed by atoms with Crippen LogP contribution in [-0.4, -0.2) is 23.9 Å². The predicted molar refractivity (Wildman–Crippen MR) is 84.8 cm³/mol. The molecule has 0 unspecified atom stereocenters. The first-order valence-electron chi connectivity index (χ1n) is 7.14. The molecule has 2 amide bonds. The molecule has 3 N–H and O–H groups in total. The third kappa shape index (κ3) is 4.84. The van der Waals surface area contributed by atoms with Crippen LogP contribution >= 0.6 is 0 Å². The minimum atomic E-state index is -1.21. The van der Waals surface area contributed by atoms with Crippen LogP contribution in [0.5, 0.6) is 0 Å². The van der Waals surface area contributed by atoms with Crippen molar-refractivity contribution >= 4 is 23.5 Å². The molecule has 0 heterocycles. The maximum absolute atomic E-state index is 13.1. The Morgan fingerprint density at radius 2 is 1.56 bits per heavy atom. The summed E-state index contributed by atoms with van der Waals surface area (Å²) in [6.45, 7) is 1.31. The van der Waals surface area contributed by atoms with Gasteiger partial charge in [0.15, 0.2) is 6.10 Å². The SMILES string of the molecule is C[C@@H](OC(=O)c1cc(F)cc(F)c1)C(=O)Nc1ccc(C(N)=O)cc1. The fraction of sp³-hybridized carbons (Fsp3) is 0.118. The second kappa shape index (κ2) is 7.52. The number of hydrogen-bond donors (Lipinski definition) is 2. The highest BCUT2D eigenvalue weighted by Crippen LogP contribution is 2.13. The van der Waals surface area contributed by atoms with Gasteiger partial charge in [-0.2, -0.15) is 0 Å². The normalized spacial score (nSPS) is 11.5. The number of benzene rings is 2. The van der Waals surface area contributed by atoms with E-state index in [1.165, 1.54) is 31.2 Å². The fourth-order valence-corrected chi connectivity index (χ4v) is 1.92. The average molecular weight is 348 g/mol. The highest BCUT2D eigenvalue weighted by molar-refractivity contribution is 5.98. The summed E-state index contributed by atoms with van der Waals surface area (Å²) in [5.74, 6) is -4.16. The average Bonchev–Trinajstić information content (AvgIpc) is 2.54. The van der Waals surface area contributed by atoms with Crippen molar-refractivity contribution in [3.63, 3.8) is 0 Å². The summed E-state index contributed by atoms with van der Waals surface area (Å²) >= 11 is 0. The zero-order chi connectivity index (χ0) is 18.6. The summed E-state index contributed by atoms with van der Waals surface area (Å²) < 4.78 is 31.1. The van der Waals surface area contributed by atoms with Crippen molar-refractivity contribution in [2.24, 2.45) is 5.73 Å². The van der Waals surface area contributed by atoms with E-state index in [0.717, 1.165) is 12.1 Å². The summed E-state index contributed by atoms with van der Waals surface area (Å²) in [5.41, 5.74) is 5.39. The molecular weight excluding hydrogens is 334 g/mol. The molecule has 130 valence electrons. The predicted octanol–water partition coefficient (Wildman–Crippen LogP) is 2.25. The number of nitrogens with one attached hydrogen (secondary N) is 1. The number of carbonyl (C=O) groups excluding carboxylic acids is 3. The van der Waals surface area contributed by atoms with Gasteiger partial charge in [-0.05, 0) is 43.3 Å². The van der Waals surface area contributed by atoms with Gasteiger partial charge in [-0.3, -0.25) is 9.59 Å². The Labute approximate surface area is 141 Å². The van der Waals surface area contributed by atoms with Crippen LogP contribution in [0.2, 0.25) is 0 Å². The van der Waals surface area contributed by atoms with E-state index in [1.807, 2.05) is 0 Å². The monoisotopic (exact) mass is 348 g/mol. The second-order valence-electron chi connectivity index (χ2n) is 5.14. The summed E-state index contributed by atoms with van der Waals surface area (Å²) in [6.07, 6.45) is -1.21. The van der Waals surface area contributed by atoms with Crippen molar-refractivity contribution in [1.82, 2.24) is 0 Å². The molecule has 0 aliphatic heterocycles. The van der Waals surface area contributed by atoms with E-state index >= 15 is 0 Å². The number of nitrogens with two attached hydrogens (primary N) is 1. The van der Waals surface area contributed by atoms with Crippen LogP contribution in [0, 0.1) is 11.6 Å². The van der Waals surface area contributed by atoms with E-state index in [-0.39, 0.29) is 11.1 Å². The van der Waals surface area contributed by atoms with Crippen molar-refractivity contribution in [3.05, 3.63) is 65.2 Å². The molecule has 0 bridgehead atoms. The minimum Gasteiger partial charge on any atom is -0.449 e. The number of halogens is 2. The summed E-state index contributed by atoms with van der Waals surface area (Å²) in [6, 6.07) is 7.97. The largest absolute Gasteiger partial charge is 0.449 e. The lowest BCUT2D eigenvalue weighted by Crippen LogP contribution is -2.30. The van der Waals surface area contributed by atoms with Crippen LogP contribution in [0.15, 0.2) is 42.5 Å². The molecule has 8 heteroatoms. The number of ether oxygens (including phenoxy) is 1. The Morgan fingerprint density at radius 3 is 2.08 bits per heavy atom. The number of rotatable bonds is 5. The van der Waals surface area contributed by atoms with E-state index in [1.54, 1.807) is 0 Å². The number of hydrogen-bond acceptors (Lipinski definition) is 4. The van der Waals surface area contributed by atoms with Crippen molar-refractivity contribution in [2.75, 3.05) is 5.32 Å². The zero-order valence-electron chi connectivity index (χ0n) is 13.1. The molecule has 25 heavy (non-hydrogen) atoms. The molecule has 0 aromatic heterocycles. The van der Waals surface area contributed by atoms with Gasteiger partial charge in [0.2, 0.25) is 5.91 Å². The van der Waals surface area contributed by atoms with Crippen molar-refractivity contribution in [1.29, 1.82) is 0 Å². The molecule has 1 atom stereocenters. The highest BCUT2D eigenvalue weighted by Gasteiger charge is 2.20. The summed E-state index contributed by atoms with van der Waals surface area (Å²) in [4.78, 5) is 34.8. The topological polar surface area (TPSA) is 98.5 Å². The number of anilines is 1. The highest BCUT2D eigenvalue weighted by atomic mass is 19.1. The molecule has 2 aromatic carbocycles. The zero-order valence-corrected chi connectivity index (χ0v) is 13.1. The van der Waals surface area contributed by atoms with Gasteiger partial charge in [0.1, 0.15) is 11.6 Å². The Morgan fingerprint density at radius 1 is 1.00 bits per heavy atom. The maximum Gasteiger partial charge on any atom is 0.339 e. The van der Waals surface area contributed by atoms with Gasteiger partial charge in [0.05, 0.1) is 5.56 Å². The molecule has 0 saturated heterocycles. The van der Waals surface area contributed by atoms with Crippen LogP contribution in [-0.2, 0) is 9.53 Å². The minimum absolute atomic E-state index is 0.269. The molecule has 6 nitrogen and oxygen atoms in total. The molecule has 2 aromatic rings. The Hall–Kier alpha value is -3.29. The van der Waals surface area contributed by atoms with Gasteiger partial charge in [-0.25, -0.2) is 13.6 Å². The molecule has 0 radical (unpaired) electrons. The van der Waals surface area contributed by atoms with Gasteiger partial charge >= 0.3 is 5.97 Å². The van der Waals surface area contributed by atoms with Gasteiger partial charge in [0, 0.05) is 17.3 Å². The smallest absolute Gasteiger partial charge is 0.339 e. The van der Waals surface area contributed by atoms with Crippen LogP contribution in [0.25, 0.3) is 0 Å². The number of esters is 1. The van der Waals surface area contributed by atoms with E-state index in [4.69, 9.17) is 10.5 Å². The van der Waals surface area contributed by atoms with Gasteiger partial charge in [-0.15, -0.1) is 0 Å². The maximum atomic E-state index is 13.1. The van der Waals surface area contributed by atoms with Gasteiger partial charge < -0.3 is 15.8 Å². The lowest BCUT2D eigenvalue weighted by molar-refractivity contribution is -0.123. The standard InChI is InChI=1S/C17H14F2N2O4/c1-9(25-17(24)11-6-12(18)8-13(19)7-11)16(23)21-14-4-2-10(3-5-14)15(20)22/h2-9H,1H3,(H2,20,22)(H,21,23)/t9-/m1/s1. The number of carbonyl (C=O) groups is 3. The Balaban J connectivity index is 1.99. The third-order valence-corrected chi connectivity index (χ3v) is 3.19. The van der Waals surface area contributed by atoms with Crippen molar-refractivity contribution in [3.8, 4) is 0 Å². The van der Waals surface area contributed by atoms with Crippen LogP contribution in [0.1, 0.15) is 27.6 Å². The van der Waals surface area contributed by atoms with Gasteiger partial charge in [0.25, 0.3) is 5.91 Å². The molecule has 0 fully saturated rings. The quantitative estimate of drug-likeness (QED) is 0.810. The van der Waals surface area contributed by atoms with Gasteiger partial charge in [-0.1, -0.05) is 0 Å². The molecule has 0 aliphatic carbocycles. The molecule has 2 rings (SSSR count). The summed E-state index contributed by atoms with van der Waals surface area (Å²) in [5, 5.41) is 2.47. The Bertz CT molecular complexity index is 802. The van der Waals surface area contributed by atoms with Crippen molar-refractivity contribution in [2.45, 2.75) is 13.0 Å². The van der Waals surface area contributed by atoms with Crippen LogP contribution in [0.3, 0.4) is 0 Å². The second-order valence-corrected chi connectivity index (χ2v) is 5.14. The summed E-state index contributed by atoms with van der Waals surface area (Å²) in [7, 11) is 0. The number of primary amides is 1. The fourth-order valence-electron chi connectivity index (χ4n) is 1.92. The first-order chi connectivity index (χ1) is 11.8. The molecule has 0 aliphatic rings. The van der Waals surface area contributed by atoms with E-state index < -0.39 is 35.5 Å². The van der Waals surface area contributed by atoms with E-state index in [0.29, 0.717) is 11.8 Å². The third-order valence-electron chi connectivity index (χ3n) is 3.19. The first kappa shape index (κ1) is 18.1. The molecule has 0 spiro atoms. The van der Waals surface area contributed by atoms with E-state index in [9.17, 15) is 23.2 Å². The molecular formula is C17H14F2N2O4. The molecule has 0 saturated carbocycles.